The zero-order chi connectivity index (χ0) is 12.8. The summed E-state index contributed by atoms with van der Waals surface area (Å²) < 4.78 is 0. The monoisotopic (exact) mass is 244 g/mol. The molecule has 1 aromatic heterocycles. The maximum Gasteiger partial charge on any atom is 0.140 e. The van der Waals surface area contributed by atoms with E-state index in [1.165, 1.54) is 18.4 Å². The number of aromatic nitrogens is 1. The predicted molar refractivity (Wildman–Crippen MR) is 70.6 cm³/mol. The summed E-state index contributed by atoms with van der Waals surface area (Å²) in [5.74, 6) is 0.804. The van der Waals surface area contributed by atoms with Gasteiger partial charge in [-0.1, -0.05) is 0 Å². The summed E-state index contributed by atoms with van der Waals surface area (Å²) in [5, 5.41) is 8.82. The Labute approximate surface area is 108 Å². The first-order valence-electron chi connectivity index (χ1n) is 6.59. The first-order chi connectivity index (χ1) is 8.81. The first kappa shape index (κ1) is 13.0. The molecule has 0 bridgehead atoms. The highest BCUT2D eigenvalue weighted by Gasteiger charge is 2.18. The molecule has 1 saturated heterocycles. The number of rotatable bonds is 4. The quantitative estimate of drug-likeness (QED) is 0.872. The third-order valence-electron chi connectivity index (χ3n) is 3.63. The number of piperidine rings is 1. The predicted octanol–water partition coefficient (Wildman–Crippen LogP) is 1.51. The summed E-state index contributed by atoms with van der Waals surface area (Å²) in [6.07, 6.45) is 5.36. The van der Waals surface area contributed by atoms with Gasteiger partial charge in [-0.25, -0.2) is 4.98 Å². The minimum atomic E-state index is 0.505. The van der Waals surface area contributed by atoms with Crippen molar-refractivity contribution in [3.8, 4) is 6.07 Å². The SMILES string of the molecule is N#Cc1cc(CN2CCC(CCN)CC2)ccn1. The highest BCUT2D eigenvalue weighted by Crippen LogP contribution is 2.21. The van der Waals surface area contributed by atoms with Crippen LogP contribution in [0.1, 0.15) is 30.5 Å². The Kier molecular flexibility index (Phi) is 4.68. The number of nitrogens with two attached hydrogens (primary N) is 1. The van der Waals surface area contributed by atoms with Crippen molar-refractivity contribution in [2.75, 3.05) is 19.6 Å². The summed E-state index contributed by atoms with van der Waals surface area (Å²) in [7, 11) is 0. The Morgan fingerprint density at radius 2 is 2.22 bits per heavy atom. The topological polar surface area (TPSA) is 65.9 Å². The van der Waals surface area contributed by atoms with E-state index < -0.39 is 0 Å². The lowest BCUT2D eigenvalue weighted by Gasteiger charge is -2.31. The molecule has 0 atom stereocenters. The minimum absolute atomic E-state index is 0.505. The molecule has 4 heteroatoms. The van der Waals surface area contributed by atoms with Crippen LogP contribution in [0.15, 0.2) is 18.3 Å². The number of hydrogen-bond acceptors (Lipinski definition) is 4. The second kappa shape index (κ2) is 6.48. The van der Waals surface area contributed by atoms with Gasteiger partial charge in [0.2, 0.25) is 0 Å². The fourth-order valence-electron chi connectivity index (χ4n) is 2.56. The summed E-state index contributed by atoms with van der Waals surface area (Å²) >= 11 is 0. The van der Waals surface area contributed by atoms with Crippen LogP contribution in [0.25, 0.3) is 0 Å². The van der Waals surface area contributed by atoms with Gasteiger partial charge in [0.25, 0.3) is 0 Å². The molecule has 96 valence electrons. The van der Waals surface area contributed by atoms with Gasteiger partial charge in [0.15, 0.2) is 0 Å². The minimum Gasteiger partial charge on any atom is -0.330 e. The Morgan fingerprint density at radius 1 is 1.44 bits per heavy atom. The maximum atomic E-state index is 8.82. The smallest absolute Gasteiger partial charge is 0.140 e. The van der Waals surface area contributed by atoms with Crippen molar-refractivity contribution in [3.63, 3.8) is 0 Å². The van der Waals surface area contributed by atoms with Crippen LogP contribution >= 0.6 is 0 Å². The number of hydrogen-bond donors (Lipinski definition) is 1. The second-order valence-corrected chi connectivity index (χ2v) is 4.96. The van der Waals surface area contributed by atoms with E-state index in [4.69, 9.17) is 11.0 Å². The van der Waals surface area contributed by atoms with Gasteiger partial charge in [0.05, 0.1) is 0 Å². The van der Waals surface area contributed by atoms with Crippen molar-refractivity contribution in [1.82, 2.24) is 9.88 Å². The molecule has 2 rings (SSSR count). The van der Waals surface area contributed by atoms with Crippen LogP contribution < -0.4 is 5.73 Å². The van der Waals surface area contributed by atoms with Gasteiger partial charge in [-0.15, -0.1) is 0 Å². The van der Waals surface area contributed by atoms with Crippen LogP contribution in [-0.2, 0) is 6.54 Å². The van der Waals surface area contributed by atoms with E-state index in [1.54, 1.807) is 6.20 Å². The molecular weight excluding hydrogens is 224 g/mol. The zero-order valence-corrected chi connectivity index (χ0v) is 10.7. The van der Waals surface area contributed by atoms with E-state index in [0.29, 0.717) is 5.69 Å². The van der Waals surface area contributed by atoms with Crippen LogP contribution in [0.4, 0.5) is 0 Å². The summed E-state index contributed by atoms with van der Waals surface area (Å²) in [6.45, 7) is 4.00. The Balaban J connectivity index is 1.86. The molecule has 0 amide bonds. The van der Waals surface area contributed by atoms with Crippen molar-refractivity contribution >= 4 is 0 Å². The van der Waals surface area contributed by atoms with Crippen LogP contribution in [-0.4, -0.2) is 29.5 Å². The van der Waals surface area contributed by atoms with E-state index >= 15 is 0 Å². The lowest BCUT2D eigenvalue weighted by molar-refractivity contribution is 0.173. The standard InChI is InChI=1S/C14H20N4/c15-5-1-12-3-7-18(8-4-12)11-13-2-6-17-14(9-13)10-16/h2,6,9,12H,1,3-5,7-8,11,15H2. The van der Waals surface area contributed by atoms with E-state index in [0.717, 1.165) is 38.5 Å². The van der Waals surface area contributed by atoms with Gasteiger partial charge in [-0.05, 0) is 62.5 Å². The fraction of sp³-hybridized carbons (Fsp3) is 0.571. The Bertz CT molecular complexity index is 416. The fourth-order valence-corrected chi connectivity index (χ4v) is 2.56. The largest absolute Gasteiger partial charge is 0.330 e. The highest BCUT2D eigenvalue weighted by atomic mass is 15.1. The average molecular weight is 244 g/mol. The van der Waals surface area contributed by atoms with Crippen molar-refractivity contribution < 1.29 is 0 Å². The van der Waals surface area contributed by atoms with E-state index in [2.05, 4.69) is 16.0 Å². The van der Waals surface area contributed by atoms with Gasteiger partial charge in [-0.3, -0.25) is 4.90 Å². The van der Waals surface area contributed by atoms with E-state index in [1.807, 2.05) is 12.1 Å². The molecule has 18 heavy (non-hydrogen) atoms. The van der Waals surface area contributed by atoms with E-state index in [9.17, 15) is 0 Å². The van der Waals surface area contributed by atoms with Crippen LogP contribution in [0.3, 0.4) is 0 Å². The molecule has 0 radical (unpaired) electrons. The van der Waals surface area contributed by atoms with Crippen molar-refractivity contribution in [1.29, 1.82) is 5.26 Å². The summed E-state index contributed by atoms with van der Waals surface area (Å²) in [4.78, 5) is 6.44. The van der Waals surface area contributed by atoms with Gasteiger partial charge in [0.1, 0.15) is 11.8 Å². The molecule has 2 heterocycles. The Morgan fingerprint density at radius 3 is 2.89 bits per heavy atom. The Hall–Kier alpha value is -1.44. The molecule has 1 aliphatic rings. The van der Waals surface area contributed by atoms with Gasteiger partial charge >= 0.3 is 0 Å². The van der Waals surface area contributed by atoms with Crippen LogP contribution in [0.5, 0.6) is 0 Å². The molecule has 4 nitrogen and oxygen atoms in total. The van der Waals surface area contributed by atoms with Crippen molar-refractivity contribution in [2.24, 2.45) is 11.7 Å². The normalized spacial score (nSPS) is 17.6. The van der Waals surface area contributed by atoms with Gasteiger partial charge < -0.3 is 5.73 Å². The number of pyridine rings is 1. The third-order valence-corrected chi connectivity index (χ3v) is 3.63. The lowest BCUT2D eigenvalue weighted by atomic mass is 9.93. The molecule has 0 saturated carbocycles. The van der Waals surface area contributed by atoms with Crippen molar-refractivity contribution in [3.05, 3.63) is 29.6 Å². The van der Waals surface area contributed by atoms with Gasteiger partial charge in [-0.2, -0.15) is 5.26 Å². The lowest BCUT2D eigenvalue weighted by Crippen LogP contribution is -2.33. The summed E-state index contributed by atoms with van der Waals surface area (Å²) in [5.41, 5.74) is 7.28. The first-order valence-corrected chi connectivity index (χ1v) is 6.59. The molecule has 0 aromatic carbocycles. The molecule has 2 N–H and O–H groups in total. The van der Waals surface area contributed by atoms with Crippen molar-refractivity contribution in [2.45, 2.75) is 25.8 Å². The molecule has 1 aromatic rings. The van der Waals surface area contributed by atoms with E-state index in [-0.39, 0.29) is 0 Å². The molecule has 1 aliphatic heterocycles. The third kappa shape index (κ3) is 3.52. The van der Waals surface area contributed by atoms with Gasteiger partial charge in [0, 0.05) is 12.7 Å². The highest BCUT2D eigenvalue weighted by molar-refractivity contribution is 5.25. The molecule has 0 spiro atoms. The zero-order valence-electron chi connectivity index (χ0n) is 10.7. The second-order valence-electron chi connectivity index (χ2n) is 4.96. The molecular formula is C14H20N4. The van der Waals surface area contributed by atoms with Crippen LogP contribution in [0, 0.1) is 17.2 Å². The molecule has 0 aliphatic carbocycles. The number of likely N-dealkylation sites (tertiary alicyclic amines) is 1. The molecule has 0 unspecified atom stereocenters. The average Bonchev–Trinajstić information content (AvgIpc) is 2.42. The number of nitriles is 1. The molecule has 1 fully saturated rings. The summed E-state index contributed by atoms with van der Waals surface area (Å²) in [6, 6.07) is 5.96. The van der Waals surface area contributed by atoms with Crippen LogP contribution in [0.2, 0.25) is 0 Å². The number of nitrogens with zero attached hydrogens (tertiary/aromatic N) is 3. The maximum absolute atomic E-state index is 8.82.